The SMILES string of the molecule is c1csc(-c2nnc(NCc3nc4c(s3)CCC4)o2)c1. The van der Waals surface area contributed by atoms with Gasteiger partial charge in [0.1, 0.15) is 5.01 Å². The monoisotopic (exact) mass is 304 g/mol. The summed E-state index contributed by atoms with van der Waals surface area (Å²) in [5.41, 5.74) is 1.27. The van der Waals surface area contributed by atoms with Crippen LogP contribution >= 0.6 is 22.7 Å². The van der Waals surface area contributed by atoms with Crippen LogP contribution in [0.3, 0.4) is 0 Å². The number of hydrogen-bond donors (Lipinski definition) is 1. The molecule has 0 saturated carbocycles. The van der Waals surface area contributed by atoms with Crippen molar-refractivity contribution in [3.8, 4) is 10.8 Å². The van der Waals surface area contributed by atoms with Gasteiger partial charge in [0, 0.05) is 4.88 Å². The van der Waals surface area contributed by atoms with E-state index in [9.17, 15) is 0 Å². The van der Waals surface area contributed by atoms with Crippen molar-refractivity contribution in [2.75, 3.05) is 5.32 Å². The average Bonchev–Trinajstić information content (AvgIpc) is 3.19. The molecule has 1 aliphatic rings. The summed E-state index contributed by atoms with van der Waals surface area (Å²) in [5, 5.41) is 14.3. The number of aryl methyl sites for hydroxylation is 2. The van der Waals surface area contributed by atoms with E-state index in [2.05, 4.69) is 20.5 Å². The van der Waals surface area contributed by atoms with E-state index >= 15 is 0 Å². The van der Waals surface area contributed by atoms with Crippen molar-refractivity contribution < 1.29 is 4.42 Å². The molecule has 0 unspecified atom stereocenters. The second-order valence-electron chi connectivity index (χ2n) is 4.57. The van der Waals surface area contributed by atoms with Gasteiger partial charge in [0.2, 0.25) is 0 Å². The van der Waals surface area contributed by atoms with Crippen molar-refractivity contribution in [3.05, 3.63) is 33.1 Å². The van der Waals surface area contributed by atoms with E-state index in [4.69, 9.17) is 4.42 Å². The lowest BCUT2D eigenvalue weighted by Gasteiger charge is -1.96. The highest BCUT2D eigenvalue weighted by Gasteiger charge is 2.17. The molecule has 0 saturated heterocycles. The first kappa shape index (κ1) is 12.0. The maximum Gasteiger partial charge on any atom is 0.316 e. The van der Waals surface area contributed by atoms with Crippen LogP contribution in [-0.4, -0.2) is 15.2 Å². The summed E-state index contributed by atoms with van der Waals surface area (Å²) in [5.74, 6) is 0.559. The lowest BCUT2D eigenvalue weighted by Crippen LogP contribution is -1.99. The Labute approximate surface area is 123 Å². The van der Waals surface area contributed by atoms with Gasteiger partial charge in [-0.2, -0.15) is 0 Å². The van der Waals surface area contributed by atoms with Gasteiger partial charge in [-0.3, -0.25) is 0 Å². The lowest BCUT2D eigenvalue weighted by molar-refractivity contribution is 0.582. The number of hydrogen-bond acceptors (Lipinski definition) is 7. The Hall–Kier alpha value is -1.73. The van der Waals surface area contributed by atoms with E-state index in [-0.39, 0.29) is 0 Å². The molecule has 0 spiro atoms. The number of aromatic nitrogens is 3. The van der Waals surface area contributed by atoms with Gasteiger partial charge in [-0.1, -0.05) is 11.2 Å². The fraction of sp³-hybridized carbons (Fsp3) is 0.308. The van der Waals surface area contributed by atoms with E-state index < -0.39 is 0 Å². The number of thiazole rings is 1. The predicted molar refractivity (Wildman–Crippen MR) is 79.1 cm³/mol. The summed E-state index contributed by atoms with van der Waals surface area (Å²) in [6.45, 7) is 0.643. The molecular formula is C13H12N4OS2. The minimum Gasteiger partial charge on any atom is -0.403 e. The van der Waals surface area contributed by atoms with Gasteiger partial charge in [0.15, 0.2) is 0 Å². The summed E-state index contributed by atoms with van der Waals surface area (Å²) >= 11 is 3.37. The summed E-state index contributed by atoms with van der Waals surface area (Å²) in [6, 6.07) is 4.38. The van der Waals surface area contributed by atoms with Crippen LogP contribution < -0.4 is 5.32 Å². The summed E-state index contributed by atoms with van der Waals surface area (Å²) in [6.07, 6.45) is 3.54. The van der Waals surface area contributed by atoms with Crippen molar-refractivity contribution in [3.63, 3.8) is 0 Å². The first-order valence-corrected chi connectivity index (χ1v) is 8.17. The van der Waals surface area contributed by atoms with Crippen LogP contribution in [0.5, 0.6) is 0 Å². The molecule has 4 rings (SSSR count). The second kappa shape index (κ2) is 4.99. The number of nitrogens with zero attached hydrogens (tertiary/aromatic N) is 3. The van der Waals surface area contributed by atoms with Crippen molar-refractivity contribution >= 4 is 28.7 Å². The number of rotatable bonds is 4. The predicted octanol–water partition coefficient (Wildman–Crippen LogP) is 3.36. The average molecular weight is 304 g/mol. The summed E-state index contributed by atoms with van der Waals surface area (Å²) in [7, 11) is 0. The molecule has 0 amide bonds. The molecule has 20 heavy (non-hydrogen) atoms. The van der Waals surface area contributed by atoms with Crippen molar-refractivity contribution in [1.29, 1.82) is 0 Å². The molecule has 0 aromatic carbocycles. The zero-order valence-electron chi connectivity index (χ0n) is 10.6. The molecule has 5 nitrogen and oxygen atoms in total. The van der Waals surface area contributed by atoms with Crippen LogP contribution in [0.1, 0.15) is 22.0 Å². The van der Waals surface area contributed by atoms with Crippen molar-refractivity contribution in [2.24, 2.45) is 0 Å². The third kappa shape index (κ3) is 2.23. The van der Waals surface area contributed by atoms with Crippen LogP contribution in [0, 0.1) is 0 Å². The first-order chi connectivity index (χ1) is 9.88. The van der Waals surface area contributed by atoms with Gasteiger partial charge < -0.3 is 9.73 Å². The van der Waals surface area contributed by atoms with Gasteiger partial charge in [-0.25, -0.2) is 4.98 Å². The molecule has 1 N–H and O–H groups in total. The highest BCUT2D eigenvalue weighted by molar-refractivity contribution is 7.13. The number of anilines is 1. The number of fused-ring (bicyclic) bond motifs is 1. The number of nitrogens with one attached hydrogen (secondary N) is 1. The molecule has 0 radical (unpaired) electrons. The quantitative estimate of drug-likeness (QED) is 0.800. The zero-order valence-corrected chi connectivity index (χ0v) is 12.3. The second-order valence-corrected chi connectivity index (χ2v) is 6.69. The van der Waals surface area contributed by atoms with Crippen LogP contribution in [0.4, 0.5) is 6.01 Å². The molecule has 3 aromatic heterocycles. The maximum absolute atomic E-state index is 5.58. The minimum atomic E-state index is 0.448. The van der Waals surface area contributed by atoms with Gasteiger partial charge >= 0.3 is 6.01 Å². The van der Waals surface area contributed by atoms with E-state index in [0.717, 1.165) is 16.3 Å². The molecular weight excluding hydrogens is 292 g/mol. The van der Waals surface area contributed by atoms with Crippen LogP contribution in [0.25, 0.3) is 10.8 Å². The maximum atomic E-state index is 5.58. The molecule has 0 aliphatic heterocycles. The highest BCUT2D eigenvalue weighted by atomic mass is 32.1. The Kier molecular flexibility index (Phi) is 3.00. The van der Waals surface area contributed by atoms with Crippen LogP contribution in [0.15, 0.2) is 21.9 Å². The van der Waals surface area contributed by atoms with E-state index in [1.165, 1.54) is 23.4 Å². The Morgan fingerprint density at radius 3 is 3.15 bits per heavy atom. The minimum absolute atomic E-state index is 0.448. The fourth-order valence-electron chi connectivity index (χ4n) is 2.27. The van der Waals surface area contributed by atoms with Gasteiger partial charge in [-0.15, -0.1) is 27.8 Å². The molecule has 1 aliphatic carbocycles. The first-order valence-electron chi connectivity index (χ1n) is 6.47. The molecule has 0 bridgehead atoms. The third-order valence-electron chi connectivity index (χ3n) is 3.19. The smallest absolute Gasteiger partial charge is 0.316 e. The fourth-order valence-corrected chi connectivity index (χ4v) is 4.01. The van der Waals surface area contributed by atoms with Gasteiger partial charge in [-0.05, 0) is 30.7 Å². The summed E-state index contributed by atoms with van der Waals surface area (Å²) < 4.78 is 5.58. The standard InChI is InChI=1S/C13H12N4OS2/c1-3-8-9(4-1)20-11(15-8)7-14-13-17-16-12(18-13)10-5-2-6-19-10/h2,5-6H,1,3-4,7H2,(H,14,17). The van der Waals surface area contributed by atoms with Crippen LogP contribution in [0.2, 0.25) is 0 Å². The lowest BCUT2D eigenvalue weighted by atomic mass is 10.4. The van der Waals surface area contributed by atoms with E-state index in [0.29, 0.717) is 18.5 Å². The number of thiophene rings is 1. The summed E-state index contributed by atoms with van der Waals surface area (Å²) in [4.78, 5) is 7.05. The molecule has 3 heterocycles. The third-order valence-corrected chi connectivity index (χ3v) is 5.20. The topological polar surface area (TPSA) is 63.8 Å². The zero-order chi connectivity index (χ0) is 13.4. The Bertz CT molecular complexity index is 695. The normalized spacial score (nSPS) is 13.6. The Morgan fingerprint density at radius 1 is 1.30 bits per heavy atom. The van der Waals surface area contributed by atoms with E-state index in [1.54, 1.807) is 22.7 Å². The molecule has 3 aromatic rings. The van der Waals surface area contributed by atoms with Gasteiger partial charge in [0.25, 0.3) is 5.89 Å². The molecule has 0 atom stereocenters. The molecule has 7 heteroatoms. The van der Waals surface area contributed by atoms with Crippen molar-refractivity contribution in [1.82, 2.24) is 15.2 Å². The molecule has 0 fully saturated rings. The largest absolute Gasteiger partial charge is 0.403 e. The molecule has 102 valence electrons. The van der Waals surface area contributed by atoms with Crippen molar-refractivity contribution in [2.45, 2.75) is 25.8 Å². The van der Waals surface area contributed by atoms with E-state index in [1.807, 2.05) is 17.5 Å². The Morgan fingerprint density at radius 2 is 2.30 bits per heavy atom. The Balaban J connectivity index is 1.44. The van der Waals surface area contributed by atoms with Gasteiger partial charge in [0.05, 0.1) is 17.1 Å². The highest BCUT2D eigenvalue weighted by Crippen LogP contribution is 2.28. The van der Waals surface area contributed by atoms with Crippen LogP contribution in [-0.2, 0) is 19.4 Å².